The van der Waals surface area contributed by atoms with Gasteiger partial charge in [-0.25, -0.2) is 4.98 Å². The molecular formula is C14H18N2O3S2. The first-order valence-electron chi connectivity index (χ1n) is 6.46. The number of nitrogens with zero attached hydrogens (tertiary/aromatic N) is 1. The number of fused-ring (bicyclic) bond motifs is 1. The Morgan fingerprint density at radius 3 is 2.86 bits per heavy atom. The number of nitrogens with one attached hydrogen (secondary N) is 1. The van der Waals surface area contributed by atoms with E-state index in [4.69, 9.17) is 0 Å². The van der Waals surface area contributed by atoms with Crippen LogP contribution in [0.4, 0.5) is 0 Å². The van der Waals surface area contributed by atoms with Crippen molar-refractivity contribution >= 4 is 39.3 Å². The van der Waals surface area contributed by atoms with Gasteiger partial charge in [-0.2, -0.15) is 0 Å². The molecule has 0 aliphatic heterocycles. The number of phenolic OH excluding ortho intramolecular Hbond substituents is 1. The fraction of sp³-hybridized carbons (Fsp3) is 0.429. The number of carboxylic acids is 1. The van der Waals surface area contributed by atoms with Crippen molar-refractivity contribution < 1.29 is 15.0 Å². The second kappa shape index (κ2) is 6.21. The molecule has 2 aromatic rings. The van der Waals surface area contributed by atoms with Gasteiger partial charge in [0.05, 0.1) is 10.2 Å². The van der Waals surface area contributed by atoms with Gasteiger partial charge in [0, 0.05) is 10.5 Å². The van der Waals surface area contributed by atoms with Gasteiger partial charge in [0.2, 0.25) is 0 Å². The zero-order valence-electron chi connectivity index (χ0n) is 12.1. The van der Waals surface area contributed by atoms with E-state index in [1.54, 1.807) is 37.0 Å². The van der Waals surface area contributed by atoms with Gasteiger partial charge in [-0.3, -0.25) is 4.79 Å². The Bertz CT molecular complexity index is 655. The quantitative estimate of drug-likeness (QED) is 0.757. The smallest absolute Gasteiger partial charge is 0.322 e. The molecule has 1 atom stereocenters. The standard InChI is InChI=1S/C14H18N2O3S2/c1-14(2,12(15-3)13(18)19)20-7-11-16-9-5-4-8(17)6-10(9)21-11/h4-6,12,15,17H,7H2,1-3H3,(H,18,19)/t12-/m0/s1. The van der Waals surface area contributed by atoms with Crippen molar-refractivity contribution in [2.45, 2.75) is 30.4 Å². The van der Waals surface area contributed by atoms with E-state index >= 15 is 0 Å². The summed E-state index contributed by atoms with van der Waals surface area (Å²) in [5.41, 5.74) is 0.856. The zero-order chi connectivity index (χ0) is 15.6. The van der Waals surface area contributed by atoms with Gasteiger partial charge in [0.1, 0.15) is 16.8 Å². The van der Waals surface area contributed by atoms with Crippen molar-refractivity contribution in [3.05, 3.63) is 23.2 Å². The van der Waals surface area contributed by atoms with Crippen LogP contribution in [0.25, 0.3) is 10.2 Å². The average Bonchev–Trinajstić information content (AvgIpc) is 2.78. The predicted octanol–water partition coefficient (Wildman–Crippen LogP) is 2.69. The lowest BCUT2D eigenvalue weighted by Gasteiger charge is -2.30. The van der Waals surface area contributed by atoms with Crippen LogP contribution in [0.5, 0.6) is 5.75 Å². The van der Waals surface area contributed by atoms with Crippen LogP contribution in [-0.4, -0.2) is 39.0 Å². The highest BCUT2D eigenvalue weighted by Gasteiger charge is 2.34. The van der Waals surface area contributed by atoms with Gasteiger partial charge in [0.15, 0.2) is 0 Å². The monoisotopic (exact) mass is 326 g/mol. The molecule has 0 bridgehead atoms. The van der Waals surface area contributed by atoms with E-state index in [-0.39, 0.29) is 5.75 Å². The third kappa shape index (κ3) is 3.66. The van der Waals surface area contributed by atoms with Crippen LogP contribution in [0, 0.1) is 0 Å². The molecule has 1 aromatic carbocycles. The minimum atomic E-state index is -0.857. The zero-order valence-corrected chi connectivity index (χ0v) is 13.7. The largest absolute Gasteiger partial charge is 0.508 e. The van der Waals surface area contributed by atoms with E-state index in [1.165, 1.54) is 11.3 Å². The van der Waals surface area contributed by atoms with Gasteiger partial charge in [-0.05, 0) is 39.1 Å². The van der Waals surface area contributed by atoms with E-state index in [2.05, 4.69) is 10.3 Å². The Labute approximate surface area is 131 Å². The van der Waals surface area contributed by atoms with Crippen LogP contribution in [0.1, 0.15) is 18.9 Å². The Kier molecular flexibility index (Phi) is 4.75. The van der Waals surface area contributed by atoms with Crippen LogP contribution < -0.4 is 5.32 Å². The van der Waals surface area contributed by atoms with Crippen LogP contribution >= 0.6 is 23.1 Å². The molecule has 0 aliphatic carbocycles. The summed E-state index contributed by atoms with van der Waals surface area (Å²) in [5.74, 6) is 0.00879. The molecule has 1 aromatic heterocycles. The van der Waals surface area contributed by atoms with Crippen LogP contribution in [0.2, 0.25) is 0 Å². The molecule has 114 valence electrons. The summed E-state index contributed by atoms with van der Waals surface area (Å²) in [6, 6.07) is 4.47. The molecule has 1 heterocycles. The lowest BCUT2D eigenvalue weighted by Crippen LogP contribution is -2.48. The van der Waals surface area contributed by atoms with Gasteiger partial charge >= 0.3 is 5.97 Å². The number of carbonyl (C=O) groups is 1. The Morgan fingerprint density at radius 2 is 2.24 bits per heavy atom. The summed E-state index contributed by atoms with van der Waals surface area (Å²) < 4.78 is 0.479. The SMILES string of the molecule is CN[C@@H](C(=O)O)C(C)(C)SCc1nc2ccc(O)cc2s1. The summed E-state index contributed by atoms with van der Waals surface area (Å²) in [5, 5.41) is 22.5. The first-order valence-corrected chi connectivity index (χ1v) is 8.26. The molecule has 0 fully saturated rings. The van der Waals surface area contributed by atoms with Crippen LogP contribution in [0.3, 0.4) is 0 Å². The van der Waals surface area contributed by atoms with Crippen molar-refractivity contribution in [2.24, 2.45) is 0 Å². The average molecular weight is 326 g/mol. The molecular weight excluding hydrogens is 308 g/mol. The number of hydrogen-bond acceptors (Lipinski definition) is 6. The maximum atomic E-state index is 11.3. The number of aromatic hydroxyl groups is 1. The number of rotatable bonds is 6. The molecule has 21 heavy (non-hydrogen) atoms. The van der Waals surface area contributed by atoms with Crippen LogP contribution in [-0.2, 0) is 10.5 Å². The number of thioether (sulfide) groups is 1. The summed E-state index contributed by atoms with van der Waals surface area (Å²) in [4.78, 5) is 15.8. The van der Waals surface area contributed by atoms with E-state index < -0.39 is 16.8 Å². The van der Waals surface area contributed by atoms with E-state index in [9.17, 15) is 15.0 Å². The molecule has 3 N–H and O–H groups in total. The van der Waals surface area contributed by atoms with Crippen molar-refractivity contribution in [3.8, 4) is 5.75 Å². The van der Waals surface area contributed by atoms with Crippen molar-refractivity contribution in [2.75, 3.05) is 7.05 Å². The maximum absolute atomic E-state index is 11.3. The number of benzene rings is 1. The summed E-state index contributed by atoms with van der Waals surface area (Å²) in [7, 11) is 1.65. The molecule has 0 amide bonds. The highest BCUT2D eigenvalue weighted by molar-refractivity contribution is 8.00. The second-order valence-corrected chi connectivity index (χ2v) is 7.96. The van der Waals surface area contributed by atoms with E-state index in [0.29, 0.717) is 5.75 Å². The molecule has 2 rings (SSSR count). The summed E-state index contributed by atoms with van der Waals surface area (Å²) >= 11 is 3.07. The minimum absolute atomic E-state index is 0.229. The first-order chi connectivity index (χ1) is 9.83. The van der Waals surface area contributed by atoms with Gasteiger partial charge in [0.25, 0.3) is 0 Å². The molecule has 5 nitrogen and oxygen atoms in total. The highest BCUT2D eigenvalue weighted by atomic mass is 32.2. The molecule has 0 spiro atoms. The molecule has 0 unspecified atom stereocenters. The third-order valence-electron chi connectivity index (χ3n) is 3.21. The number of thiazole rings is 1. The van der Waals surface area contributed by atoms with E-state index in [1.807, 2.05) is 13.8 Å². The fourth-order valence-electron chi connectivity index (χ4n) is 2.12. The van der Waals surface area contributed by atoms with Crippen molar-refractivity contribution in [3.63, 3.8) is 0 Å². The number of aliphatic carboxylic acids is 1. The van der Waals surface area contributed by atoms with Crippen molar-refractivity contribution in [1.82, 2.24) is 10.3 Å². The second-order valence-electron chi connectivity index (χ2n) is 5.21. The summed E-state index contributed by atoms with van der Waals surface area (Å²) in [6.45, 7) is 3.82. The Morgan fingerprint density at radius 1 is 1.52 bits per heavy atom. The highest BCUT2D eigenvalue weighted by Crippen LogP contribution is 2.34. The number of phenols is 1. The number of hydrogen-bond donors (Lipinski definition) is 3. The normalized spacial score (nSPS) is 13.5. The molecule has 0 saturated carbocycles. The Balaban J connectivity index is 2.11. The van der Waals surface area contributed by atoms with Crippen molar-refractivity contribution in [1.29, 1.82) is 0 Å². The van der Waals surface area contributed by atoms with E-state index in [0.717, 1.165) is 15.2 Å². The molecule has 7 heteroatoms. The topological polar surface area (TPSA) is 82.5 Å². The summed E-state index contributed by atoms with van der Waals surface area (Å²) in [6.07, 6.45) is 0. The predicted molar refractivity (Wildman–Crippen MR) is 87.1 cm³/mol. The number of aromatic nitrogens is 1. The molecule has 0 aliphatic rings. The van der Waals surface area contributed by atoms with Gasteiger partial charge < -0.3 is 15.5 Å². The molecule has 0 saturated heterocycles. The lowest BCUT2D eigenvalue weighted by molar-refractivity contribution is -0.139. The van der Waals surface area contributed by atoms with Gasteiger partial charge in [-0.1, -0.05) is 0 Å². The lowest BCUT2D eigenvalue weighted by atomic mass is 10.0. The maximum Gasteiger partial charge on any atom is 0.322 e. The Hall–Kier alpha value is -1.31. The molecule has 0 radical (unpaired) electrons. The number of carboxylic acid groups (broad SMARTS) is 1. The first kappa shape index (κ1) is 16.1. The van der Waals surface area contributed by atoms with Crippen LogP contribution in [0.15, 0.2) is 18.2 Å². The van der Waals surface area contributed by atoms with Gasteiger partial charge in [-0.15, -0.1) is 23.1 Å². The minimum Gasteiger partial charge on any atom is -0.508 e. The number of likely N-dealkylation sites (N-methyl/N-ethyl adjacent to an activating group) is 1. The fourth-order valence-corrected chi connectivity index (χ4v) is 4.28. The third-order valence-corrected chi connectivity index (χ3v) is 5.81.